The van der Waals surface area contributed by atoms with Gasteiger partial charge >= 0.3 is 0 Å². The Bertz CT molecular complexity index is 1470. The lowest BCUT2D eigenvalue weighted by Gasteiger charge is -2.25. The molecule has 1 amide bonds. The summed E-state index contributed by atoms with van der Waals surface area (Å²) in [7, 11) is 0. The summed E-state index contributed by atoms with van der Waals surface area (Å²) in [6.45, 7) is 2.91. The molecule has 1 N–H and O–H groups in total. The lowest BCUT2D eigenvalue weighted by molar-refractivity contribution is -0.129. The largest absolute Gasteiger partial charge is 0.337 e. The van der Waals surface area contributed by atoms with Crippen LogP contribution >= 0.6 is 34.0 Å². The highest BCUT2D eigenvalue weighted by Gasteiger charge is 2.28. The number of hydrogen-bond donors (Lipinski definition) is 1. The second-order valence-electron chi connectivity index (χ2n) is 7.62. The van der Waals surface area contributed by atoms with Crippen molar-refractivity contribution < 1.29 is 9.18 Å². The summed E-state index contributed by atoms with van der Waals surface area (Å²) in [4.78, 5) is 24.4. The third-order valence-corrected chi connectivity index (χ3v) is 8.72. The number of para-hydroxylation sites is 2. The molecule has 32 heavy (non-hydrogen) atoms. The summed E-state index contributed by atoms with van der Waals surface area (Å²) >= 11 is 4.73. The molecule has 4 heterocycles. The Morgan fingerprint density at radius 2 is 1.91 bits per heavy atom. The minimum absolute atomic E-state index is 0.0849. The van der Waals surface area contributed by atoms with E-state index in [0.717, 1.165) is 41.8 Å². The van der Waals surface area contributed by atoms with Crippen LogP contribution in [0.5, 0.6) is 0 Å². The fourth-order valence-electron chi connectivity index (χ4n) is 4.03. The molecule has 5 nitrogen and oxygen atoms in total. The molecule has 5 aromatic rings. The van der Waals surface area contributed by atoms with Crippen LogP contribution in [-0.2, 0) is 17.8 Å². The van der Waals surface area contributed by atoms with Crippen LogP contribution in [0, 0.1) is 5.82 Å². The quantitative estimate of drug-likeness (QED) is 0.324. The molecule has 0 radical (unpaired) electrons. The van der Waals surface area contributed by atoms with E-state index in [2.05, 4.69) is 16.4 Å². The van der Waals surface area contributed by atoms with Crippen LogP contribution in [-0.4, -0.2) is 27.3 Å². The van der Waals surface area contributed by atoms with Gasteiger partial charge in [0.05, 0.1) is 21.5 Å². The minimum atomic E-state index is -0.319. The average molecular weight is 481 g/mol. The molecule has 0 fully saturated rings. The number of anilines is 2. The molecular formula is C23H17FN4OS3. The topological polar surface area (TPSA) is 58.1 Å². The van der Waals surface area contributed by atoms with E-state index in [1.165, 1.54) is 23.0 Å². The van der Waals surface area contributed by atoms with Crippen molar-refractivity contribution in [3.63, 3.8) is 0 Å². The number of halogens is 1. The molecule has 2 aromatic carbocycles. The maximum atomic E-state index is 14.2. The van der Waals surface area contributed by atoms with Gasteiger partial charge in [-0.05, 0) is 36.2 Å². The number of rotatable bonds is 3. The van der Waals surface area contributed by atoms with Crippen LogP contribution in [0.1, 0.15) is 17.4 Å². The zero-order valence-electron chi connectivity index (χ0n) is 17.0. The number of carbonyl (C=O) groups excluding carboxylic acids is 1. The third kappa shape index (κ3) is 3.28. The first-order chi connectivity index (χ1) is 15.6. The fourth-order valence-corrected chi connectivity index (χ4v) is 7.35. The van der Waals surface area contributed by atoms with E-state index in [1.807, 2.05) is 29.2 Å². The highest BCUT2D eigenvalue weighted by molar-refractivity contribution is 7.24. The number of aromatic nitrogens is 2. The van der Waals surface area contributed by atoms with Crippen molar-refractivity contribution in [3.8, 4) is 10.6 Å². The standard InChI is InChI=1S/C23H17FN4OS3/c1-12(29)28-10-9-13-18(11-28)31-22(19(13)21-25-15-6-2-3-7-16(15)30-21)27-23-26-20-14(24)5-4-8-17(20)32-23/h2-8H,9-11H2,1H3,(H,26,27). The SMILES string of the molecule is CC(=O)N1CCc2c(sc(Nc3nc4c(F)cccc4s3)c2-c2nc3ccccc3s2)C1. The van der Waals surface area contributed by atoms with E-state index in [1.54, 1.807) is 35.7 Å². The molecule has 1 aliphatic heterocycles. The van der Waals surface area contributed by atoms with Gasteiger partial charge in [0.1, 0.15) is 21.3 Å². The smallest absolute Gasteiger partial charge is 0.219 e. The van der Waals surface area contributed by atoms with Crippen LogP contribution < -0.4 is 5.32 Å². The van der Waals surface area contributed by atoms with Gasteiger partial charge in [0.2, 0.25) is 5.91 Å². The van der Waals surface area contributed by atoms with Crippen LogP contribution in [0.3, 0.4) is 0 Å². The number of thiazole rings is 2. The Hall–Kier alpha value is -2.88. The summed E-state index contributed by atoms with van der Waals surface area (Å²) in [6.07, 6.45) is 0.785. The normalized spacial score (nSPS) is 13.6. The summed E-state index contributed by atoms with van der Waals surface area (Å²) in [5, 5.41) is 6.00. The van der Waals surface area contributed by atoms with Crippen LogP contribution in [0.2, 0.25) is 0 Å². The van der Waals surface area contributed by atoms with E-state index in [9.17, 15) is 9.18 Å². The molecule has 3 aromatic heterocycles. The highest BCUT2D eigenvalue weighted by atomic mass is 32.1. The number of benzene rings is 2. The van der Waals surface area contributed by atoms with Gasteiger partial charge in [0, 0.05) is 23.9 Å². The van der Waals surface area contributed by atoms with E-state index in [4.69, 9.17) is 4.98 Å². The number of nitrogens with one attached hydrogen (secondary N) is 1. The Balaban J connectivity index is 1.48. The minimum Gasteiger partial charge on any atom is -0.337 e. The molecule has 0 unspecified atom stereocenters. The van der Waals surface area contributed by atoms with Gasteiger partial charge in [-0.15, -0.1) is 22.7 Å². The fraction of sp³-hybridized carbons (Fsp3) is 0.174. The Morgan fingerprint density at radius 1 is 1.06 bits per heavy atom. The monoisotopic (exact) mass is 480 g/mol. The predicted octanol–water partition coefficient (Wildman–Crippen LogP) is 6.42. The van der Waals surface area contributed by atoms with Crippen LogP contribution in [0.4, 0.5) is 14.5 Å². The number of thiophene rings is 1. The Morgan fingerprint density at radius 3 is 2.72 bits per heavy atom. The van der Waals surface area contributed by atoms with Crippen LogP contribution in [0.25, 0.3) is 31.0 Å². The lowest BCUT2D eigenvalue weighted by Crippen LogP contribution is -2.33. The zero-order valence-corrected chi connectivity index (χ0v) is 19.5. The zero-order chi connectivity index (χ0) is 21.8. The summed E-state index contributed by atoms with van der Waals surface area (Å²) < 4.78 is 16.1. The van der Waals surface area contributed by atoms with Gasteiger partial charge in [-0.1, -0.05) is 29.5 Å². The summed E-state index contributed by atoms with van der Waals surface area (Å²) in [5.74, 6) is -0.234. The van der Waals surface area contributed by atoms with Crippen molar-refractivity contribution >= 4 is 70.5 Å². The maximum absolute atomic E-state index is 14.2. The molecule has 0 saturated heterocycles. The second kappa shape index (κ2) is 7.61. The molecule has 0 atom stereocenters. The molecule has 0 bridgehead atoms. The van der Waals surface area contributed by atoms with Crippen molar-refractivity contribution in [2.24, 2.45) is 0 Å². The molecule has 9 heteroatoms. The van der Waals surface area contributed by atoms with Crippen molar-refractivity contribution in [2.45, 2.75) is 19.9 Å². The number of amides is 1. The summed E-state index contributed by atoms with van der Waals surface area (Å²) in [6, 6.07) is 13.1. The number of hydrogen-bond acceptors (Lipinski definition) is 7. The number of fused-ring (bicyclic) bond motifs is 3. The Kier molecular flexibility index (Phi) is 4.71. The lowest BCUT2D eigenvalue weighted by atomic mass is 10.0. The van der Waals surface area contributed by atoms with Gasteiger partial charge in [0.15, 0.2) is 5.13 Å². The van der Waals surface area contributed by atoms with Crippen molar-refractivity contribution in [3.05, 3.63) is 58.7 Å². The summed E-state index contributed by atoms with van der Waals surface area (Å²) in [5.41, 5.74) is 3.67. The van der Waals surface area contributed by atoms with E-state index >= 15 is 0 Å². The second-order valence-corrected chi connectivity index (χ2v) is 10.8. The predicted molar refractivity (Wildman–Crippen MR) is 131 cm³/mol. The number of nitrogens with zero attached hydrogens (tertiary/aromatic N) is 3. The molecule has 1 aliphatic rings. The molecule has 0 aliphatic carbocycles. The molecule has 160 valence electrons. The van der Waals surface area contributed by atoms with Gasteiger partial charge in [-0.3, -0.25) is 4.79 Å². The number of carbonyl (C=O) groups is 1. The molecular weight excluding hydrogens is 463 g/mol. The molecule has 0 spiro atoms. The van der Waals surface area contributed by atoms with E-state index < -0.39 is 0 Å². The Labute approximate surface area is 195 Å². The first-order valence-electron chi connectivity index (χ1n) is 10.1. The van der Waals surface area contributed by atoms with Crippen molar-refractivity contribution in [1.82, 2.24) is 14.9 Å². The van der Waals surface area contributed by atoms with Gasteiger partial charge < -0.3 is 10.2 Å². The van der Waals surface area contributed by atoms with Gasteiger partial charge in [0.25, 0.3) is 0 Å². The maximum Gasteiger partial charge on any atom is 0.219 e. The van der Waals surface area contributed by atoms with E-state index in [-0.39, 0.29) is 11.7 Å². The molecule has 6 rings (SSSR count). The van der Waals surface area contributed by atoms with E-state index in [0.29, 0.717) is 23.7 Å². The van der Waals surface area contributed by atoms with Crippen LogP contribution in [0.15, 0.2) is 42.5 Å². The first kappa shape index (κ1) is 19.8. The van der Waals surface area contributed by atoms with Crippen molar-refractivity contribution in [1.29, 1.82) is 0 Å². The highest BCUT2D eigenvalue weighted by Crippen LogP contribution is 2.47. The first-order valence-corrected chi connectivity index (χ1v) is 12.6. The third-order valence-electron chi connectivity index (χ3n) is 5.60. The molecule has 0 saturated carbocycles. The van der Waals surface area contributed by atoms with Crippen molar-refractivity contribution in [2.75, 3.05) is 11.9 Å². The van der Waals surface area contributed by atoms with Gasteiger partial charge in [-0.2, -0.15) is 0 Å². The van der Waals surface area contributed by atoms with Gasteiger partial charge in [-0.25, -0.2) is 14.4 Å². The average Bonchev–Trinajstić information content (AvgIpc) is 3.47.